The zero-order valence-corrected chi connectivity index (χ0v) is 13.9. The number of benzene rings is 1. The number of aryl methyl sites for hydroxylation is 2. The average Bonchev–Trinajstić information content (AvgIpc) is 2.79. The van der Waals surface area contributed by atoms with Crippen molar-refractivity contribution in [1.29, 1.82) is 0 Å². The largest absolute Gasteiger partial charge is 0.494 e. The van der Waals surface area contributed by atoms with E-state index in [-0.39, 0.29) is 5.91 Å². The number of halogens is 1. The number of alkyl halides is 1. The molecule has 21 heavy (non-hydrogen) atoms. The predicted molar refractivity (Wildman–Crippen MR) is 86.1 cm³/mol. The molecule has 1 heterocycles. The monoisotopic (exact) mass is 351 g/mol. The number of rotatable bonds is 5. The third-order valence-electron chi connectivity index (χ3n) is 3.02. The lowest BCUT2D eigenvalue weighted by Gasteiger charge is -2.11. The molecule has 2 rings (SSSR count). The van der Waals surface area contributed by atoms with Crippen LogP contribution in [0.5, 0.6) is 5.75 Å². The topological polar surface area (TPSA) is 56.1 Å². The normalized spacial score (nSPS) is 10.5. The summed E-state index contributed by atoms with van der Waals surface area (Å²) in [4.78, 5) is 12.3. The highest BCUT2D eigenvalue weighted by Crippen LogP contribution is 2.25. The van der Waals surface area contributed by atoms with Crippen molar-refractivity contribution in [3.63, 3.8) is 0 Å². The highest BCUT2D eigenvalue weighted by molar-refractivity contribution is 9.08. The molecule has 0 aliphatic carbocycles. The summed E-state index contributed by atoms with van der Waals surface area (Å²) in [6.07, 6.45) is 1.71. The SMILES string of the molecule is CCOc1ccc(NC(=O)c2cn(C)nc2C)cc1CBr. The first kappa shape index (κ1) is 15.6. The van der Waals surface area contributed by atoms with E-state index in [1.54, 1.807) is 17.9 Å². The summed E-state index contributed by atoms with van der Waals surface area (Å²) in [5.74, 6) is 0.662. The molecular weight excluding hydrogens is 334 g/mol. The van der Waals surface area contributed by atoms with Crippen LogP contribution in [0.2, 0.25) is 0 Å². The Labute approximate surface area is 132 Å². The molecule has 0 atom stereocenters. The number of ether oxygens (including phenoxy) is 1. The zero-order valence-electron chi connectivity index (χ0n) is 12.3. The summed E-state index contributed by atoms with van der Waals surface area (Å²) >= 11 is 3.43. The maximum Gasteiger partial charge on any atom is 0.259 e. The van der Waals surface area contributed by atoms with Crippen molar-refractivity contribution in [2.75, 3.05) is 11.9 Å². The second-order valence-corrected chi connectivity index (χ2v) is 5.21. The van der Waals surface area contributed by atoms with Gasteiger partial charge in [0.2, 0.25) is 0 Å². The summed E-state index contributed by atoms with van der Waals surface area (Å²) in [6, 6.07) is 5.61. The molecular formula is C15H18BrN3O2. The smallest absolute Gasteiger partial charge is 0.259 e. The lowest BCUT2D eigenvalue weighted by molar-refractivity contribution is 0.102. The maximum absolute atomic E-state index is 12.3. The molecule has 1 amide bonds. The van der Waals surface area contributed by atoms with Crippen LogP contribution in [0.4, 0.5) is 5.69 Å². The van der Waals surface area contributed by atoms with E-state index >= 15 is 0 Å². The molecule has 2 aromatic rings. The van der Waals surface area contributed by atoms with E-state index in [4.69, 9.17) is 4.74 Å². The summed E-state index contributed by atoms with van der Waals surface area (Å²) in [5, 5.41) is 7.73. The van der Waals surface area contributed by atoms with Crippen LogP contribution in [0.15, 0.2) is 24.4 Å². The Bertz CT molecular complexity index is 652. The molecule has 0 fully saturated rings. The molecule has 112 valence electrons. The molecule has 1 aromatic carbocycles. The van der Waals surface area contributed by atoms with Crippen LogP contribution in [0.1, 0.15) is 28.5 Å². The van der Waals surface area contributed by atoms with Gasteiger partial charge in [0.1, 0.15) is 5.75 Å². The number of amides is 1. The Kier molecular flexibility index (Phi) is 5.01. The van der Waals surface area contributed by atoms with E-state index < -0.39 is 0 Å². The van der Waals surface area contributed by atoms with Crippen molar-refractivity contribution in [3.05, 3.63) is 41.2 Å². The van der Waals surface area contributed by atoms with Gasteiger partial charge in [-0.2, -0.15) is 5.10 Å². The van der Waals surface area contributed by atoms with E-state index in [1.165, 1.54) is 0 Å². The van der Waals surface area contributed by atoms with Gasteiger partial charge in [0.25, 0.3) is 5.91 Å². The van der Waals surface area contributed by atoms with Crippen LogP contribution in [0, 0.1) is 6.92 Å². The van der Waals surface area contributed by atoms with Gasteiger partial charge in [-0.25, -0.2) is 0 Å². The van der Waals surface area contributed by atoms with Crippen LogP contribution in [-0.2, 0) is 12.4 Å². The molecule has 0 saturated heterocycles. The number of carbonyl (C=O) groups excluding carboxylic acids is 1. The fraction of sp³-hybridized carbons (Fsp3) is 0.333. The van der Waals surface area contributed by atoms with E-state index in [0.29, 0.717) is 23.2 Å². The minimum atomic E-state index is -0.162. The Morgan fingerprint density at radius 2 is 2.24 bits per heavy atom. The first-order valence-electron chi connectivity index (χ1n) is 6.68. The Morgan fingerprint density at radius 3 is 2.81 bits per heavy atom. The molecule has 5 nitrogen and oxygen atoms in total. The Hall–Kier alpha value is -1.82. The van der Waals surface area contributed by atoms with E-state index in [1.807, 2.05) is 32.0 Å². The van der Waals surface area contributed by atoms with Crippen molar-refractivity contribution in [2.45, 2.75) is 19.2 Å². The molecule has 6 heteroatoms. The summed E-state index contributed by atoms with van der Waals surface area (Å²) in [5.41, 5.74) is 3.02. The lowest BCUT2D eigenvalue weighted by Crippen LogP contribution is -2.12. The minimum Gasteiger partial charge on any atom is -0.494 e. The van der Waals surface area contributed by atoms with Gasteiger partial charge in [0.05, 0.1) is 17.9 Å². The second-order valence-electron chi connectivity index (χ2n) is 4.65. The van der Waals surface area contributed by atoms with E-state index in [9.17, 15) is 4.79 Å². The van der Waals surface area contributed by atoms with Gasteiger partial charge < -0.3 is 10.1 Å². The van der Waals surface area contributed by atoms with Gasteiger partial charge in [-0.15, -0.1) is 0 Å². The highest BCUT2D eigenvalue weighted by Gasteiger charge is 2.13. The molecule has 1 N–H and O–H groups in total. The first-order chi connectivity index (χ1) is 10.0. The third kappa shape index (κ3) is 3.64. The fourth-order valence-corrected chi connectivity index (χ4v) is 2.52. The quantitative estimate of drug-likeness (QED) is 0.841. The second kappa shape index (κ2) is 6.76. The Balaban J connectivity index is 2.19. The van der Waals surface area contributed by atoms with Gasteiger partial charge in [0.15, 0.2) is 0 Å². The molecule has 0 aliphatic rings. The van der Waals surface area contributed by atoms with Crippen LogP contribution >= 0.6 is 15.9 Å². The molecule has 1 aromatic heterocycles. The van der Waals surface area contributed by atoms with Gasteiger partial charge in [0, 0.05) is 29.8 Å². The molecule has 0 aliphatic heterocycles. The number of aromatic nitrogens is 2. The standard InChI is InChI=1S/C15H18BrN3O2/c1-4-21-14-6-5-12(7-11(14)8-16)17-15(20)13-9-19(3)18-10(13)2/h5-7,9H,4,8H2,1-3H3,(H,17,20). The van der Waals surface area contributed by atoms with E-state index in [2.05, 4.69) is 26.3 Å². The van der Waals surface area contributed by atoms with Crippen LogP contribution in [0.25, 0.3) is 0 Å². The van der Waals surface area contributed by atoms with Crippen LogP contribution in [0.3, 0.4) is 0 Å². The molecule has 0 bridgehead atoms. The number of hydrogen-bond acceptors (Lipinski definition) is 3. The van der Waals surface area contributed by atoms with Crippen molar-refractivity contribution >= 4 is 27.5 Å². The Morgan fingerprint density at radius 1 is 1.48 bits per heavy atom. The van der Waals surface area contributed by atoms with Gasteiger partial charge >= 0.3 is 0 Å². The number of anilines is 1. The summed E-state index contributed by atoms with van der Waals surface area (Å²) in [6.45, 7) is 4.37. The van der Waals surface area contributed by atoms with Crippen molar-refractivity contribution in [1.82, 2.24) is 9.78 Å². The van der Waals surface area contributed by atoms with Crippen LogP contribution in [-0.4, -0.2) is 22.3 Å². The molecule has 0 spiro atoms. The zero-order chi connectivity index (χ0) is 15.4. The summed E-state index contributed by atoms with van der Waals surface area (Å²) in [7, 11) is 1.80. The van der Waals surface area contributed by atoms with Crippen LogP contribution < -0.4 is 10.1 Å². The van der Waals surface area contributed by atoms with Gasteiger partial charge in [-0.1, -0.05) is 15.9 Å². The molecule has 0 radical (unpaired) electrons. The fourth-order valence-electron chi connectivity index (χ4n) is 2.08. The van der Waals surface area contributed by atoms with Crippen molar-refractivity contribution in [3.8, 4) is 5.75 Å². The summed E-state index contributed by atoms with van der Waals surface area (Å²) < 4.78 is 7.17. The van der Waals surface area contributed by atoms with E-state index in [0.717, 1.165) is 17.0 Å². The minimum absolute atomic E-state index is 0.162. The lowest BCUT2D eigenvalue weighted by atomic mass is 10.2. The molecule has 0 saturated carbocycles. The average molecular weight is 352 g/mol. The van der Waals surface area contributed by atoms with Crippen molar-refractivity contribution < 1.29 is 9.53 Å². The number of nitrogens with zero attached hydrogens (tertiary/aromatic N) is 2. The van der Waals surface area contributed by atoms with Crippen molar-refractivity contribution in [2.24, 2.45) is 7.05 Å². The number of hydrogen-bond donors (Lipinski definition) is 1. The highest BCUT2D eigenvalue weighted by atomic mass is 79.9. The number of carbonyl (C=O) groups is 1. The predicted octanol–water partition coefficient (Wildman–Crippen LogP) is 3.27. The maximum atomic E-state index is 12.3. The van der Waals surface area contributed by atoms with Gasteiger partial charge in [-0.05, 0) is 32.0 Å². The number of nitrogens with one attached hydrogen (secondary N) is 1. The first-order valence-corrected chi connectivity index (χ1v) is 7.80. The molecule has 0 unspecified atom stereocenters. The third-order valence-corrected chi connectivity index (χ3v) is 3.62. The van der Waals surface area contributed by atoms with Gasteiger partial charge in [-0.3, -0.25) is 9.48 Å².